The second-order valence-corrected chi connectivity index (χ2v) is 6.11. The largest absolute Gasteiger partial charge is 0.356 e. The third-order valence-corrected chi connectivity index (χ3v) is 4.53. The van der Waals surface area contributed by atoms with E-state index in [0.717, 1.165) is 23.7 Å². The zero-order chi connectivity index (χ0) is 13.2. The van der Waals surface area contributed by atoms with Gasteiger partial charge in [-0.3, -0.25) is 4.79 Å². The van der Waals surface area contributed by atoms with Gasteiger partial charge in [0.2, 0.25) is 0 Å². The minimum absolute atomic E-state index is 0.0695. The average Bonchev–Trinajstić information content (AvgIpc) is 2.79. The van der Waals surface area contributed by atoms with Gasteiger partial charge in [-0.15, -0.1) is 0 Å². The van der Waals surface area contributed by atoms with E-state index in [2.05, 4.69) is 33.2 Å². The van der Waals surface area contributed by atoms with Gasteiger partial charge in [0.15, 0.2) is 0 Å². The number of aromatic nitrogens is 1. The molecule has 0 saturated heterocycles. The van der Waals surface area contributed by atoms with Gasteiger partial charge in [0.1, 0.15) is 5.69 Å². The van der Waals surface area contributed by atoms with Crippen molar-refractivity contribution in [2.45, 2.75) is 38.1 Å². The summed E-state index contributed by atoms with van der Waals surface area (Å²) in [5.74, 6) is 0.360. The van der Waals surface area contributed by atoms with Crippen LogP contribution in [-0.4, -0.2) is 23.0 Å². The summed E-state index contributed by atoms with van der Waals surface area (Å²) in [6.45, 7) is 2.68. The Morgan fingerprint density at radius 1 is 1.67 bits per heavy atom. The number of carbonyl (C=O) groups excluding carboxylic acids is 1. The van der Waals surface area contributed by atoms with Crippen LogP contribution >= 0.6 is 15.9 Å². The molecule has 0 aliphatic heterocycles. The zero-order valence-corrected chi connectivity index (χ0v) is 12.2. The Bertz CT molecular complexity index is 432. The van der Waals surface area contributed by atoms with E-state index in [1.807, 2.05) is 0 Å². The molecule has 2 rings (SSSR count). The molecule has 0 bridgehead atoms. The smallest absolute Gasteiger partial charge is 0.268 e. The van der Waals surface area contributed by atoms with Gasteiger partial charge in [0, 0.05) is 17.2 Å². The number of hydrogen-bond acceptors (Lipinski definition) is 2. The standard InChI is InChI=1S/C13H20BrN3O/c1-9-4-2-3-5-13(9,8-15)17-12(18)11-6-10(14)7-16-11/h6-7,9,16H,2-5,8,15H2,1H3,(H,17,18). The molecule has 18 heavy (non-hydrogen) atoms. The van der Waals surface area contributed by atoms with Crippen molar-refractivity contribution >= 4 is 21.8 Å². The molecule has 0 aromatic carbocycles. The highest BCUT2D eigenvalue weighted by Gasteiger charge is 2.38. The molecule has 0 radical (unpaired) electrons. The maximum Gasteiger partial charge on any atom is 0.268 e. The number of H-pyrrole nitrogens is 1. The number of aromatic amines is 1. The Kier molecular flexibility index (Phi) is 4.12. The van der Waals surface area contributed by atoms with Crippen molar-refractivity contribution in [3.63, 3.8) is 0 Å². The first-order valence-corrected chi connectivity index (χ1v) is 7.23. The van der Waals surface area contributed by atoms with E-state index < -0.39 is 0 Å². The van der Waals surface area contributed by atoms with Crippen LogP contribution in [-0.2, 0) is 0 Å². The van der Waals surface area contributed by atoms with E-state index in [0.29, 0.717) is 18.2 Å². The second-order valence-electron chi connectivity index (χ2n) is 5.19. The molecule has 1 amide bonds. The topological polar surface area (TPSA) is 70.9 Å². The number of amides is 1. The zero-order valence-electron chi connectivity index (χ0n) is 10.6. The highest BCUT2D eigenvalue weighted by molar-refractivity contribution is 9.10. The molecular formula is C13H20BrN3O. The Balaban J connectivity index is 2.12. The number of halogens is 1. The van der Waals surface area contributed by atoms with Crippen molar-refractivity contribution in [1.29, 1.82) is 0 Å². The summed E-state index contributed by atoms with van der Waals surface area (Å²) < 4.78 is 0.881. The van der Waals surface area contributed by atoms with Crippen molar-refractivity contribution in [3.8, 4) is 0 Å². The summed E-state index contributed by atoms with van der Waals surface area (Å²) >= 11 is 3.33. The quantitative estimate of drug-likeness (QED) is 0.802. The molecule has 100 valence electrons. The van der Waals surface area contributed by atoms with Gasteiger partial charge >= 0.3 is 0 Å². The Labute approximate surface area is 116 Å². The normalized spacial score (nSPS) is 28.1. The molecule has 2 atom stereocenters. The second kappa shape index (κ2) is 5.45. The molecule has 1 saturated carbocycles. The van der Waals surface area contributed by atoms with E-state index in [1.54, 1.807) is 12.3 Å². The molecule has 1 aliphatic carbocycles. The van der Waals surface area contributed by atoms with E-state index in [1.165, 1.54) is 6.42 Å². The lowest BCUT2D eigenvalue weighted by atomic mass is 9.73. The first kappa shape index (κ1) is 13.6. The SMILES string of the molecule is CC1CCCCC1(CN)NC(=O)c1cc(Br)c[nH]1. The van der Waals surface area contributed by atoms with Crippen LogP contribution in [0.4, 0.5) is 0 Å². The Morgan fingerprint density at radius 2 is 2.44 bits per heavy atom. The van der Waals surface area contributed by atoms with E-state index in [9.17, 15) is 4.79 Å². The predicted molar refractivity (Wildman–Crippen MR) is 75.4 cm³/mol. The van der Waals surface area contributed by atoms with Gasteiger partial charge in [-0.2, -0.15) is 0 Å². The van der Waals surface area contributed by atoms with Crippen LogP contribution < -0.4 is 11.1 Å². The first-order chi connectivity index (χ1) is 8.57. The lowest BCUT2D eigenvalue weighted by molar-refractivity contribution is 0.0808. The number of hydrogen-bond donors (Lipinski definition) is 3. The van der Waals surface area contributed by atoms with Gasteiger partial charge in [0.05, 0.1) is 5.54 Å². The maximum absolute atomic E-state index is 12.2. The third kappa shape index (κ3) is 2.62. The van der Waals surface area contributed by atoms with Gasteiger partial charge in [-0.05, 0) is 40.8 Å². The maximum atomic E-state index is 12.2. The molecule has 1 fully saturated rings. The lowest BCUT2D eigenvalue weighted by Gasteiger charge is -2.42. The molecule has 1 aromatic rings. The molecule has 0 spiro atoms. The van der Waals surface area contributed by atoms with Crippen LogP contribution in [0.3, 0.4) is 0 Å². The fourth-order valence-corrected chi connectivity index (χ4v) is 3.09. The minimum Gasteiger partial charge on any atom is -0.356 e. The Hall–Kier alpha value is -0.810. The van der Waals surface area contributed by atoms with Crippen molar-refractivity contribution in [3.05, 3.63) is 22.4 Å². The van der Waals surface area contributed by atoms with Crippen LogP contribution in [0.15, 0.2) is 16.7 Å². The number of nitrogens with two attached hydrogens (primary N) is 1. The molecular weight excluding hydrogens is 294 g/mol. The molecule has 2 unspecified atom stereocenters. The minimum atomic E-state index is -0.243. The van der Waals surface area contributed by atoms with E-state index in [-0.39, 0.29) is 11.4 Å². The molecule has 5 heteroatoms. The van der Waals surface area contributed by atoms with Crippen LogP contribution in [0.25, 0.3) is 0 Å². The number of carbonyl (C=O) groups is 1. The summed E-state index contributed by atoms with van der Waals surface area (Å²) in [7, 11) is 0. The van der Waals surface area contributed by atoms with E-state index >= 15 is 0 Å². The van der Waals surface area contributed by atoms with Crippen molar-refractivity contribution < 1.29 is 4.79 Å². The van der Waals surface area contributed by atoms with Crippen molar-refractivity contribution in [2.24, 2.45) is 11.7 Å². The first-order valence-electron chi connectivity index (χ1n) is 6.44. The van der Waals surface area contributed by atoms with Crippen LogP contribution in [0.1, 0.15) is 43.1 Å². The van der Waals surface area contributed by atoms with Gasteiger partial charge in [-0.25, -0.2) is 0 Å². The summed E-state index contributed by atoms with van der Waals surface area (Å²) in [4.78, 5) is 15.2. The van der Waals surface area contributed by atoms with Crippen molar-refractivity contribution in [1.82, 2.24) is 10.3 Å². The molecule has 1 aromatic heterocycles. The molecule has 4 N–H and O–H groups in total. The lowest BCUT2D eigenvalue weighted by Crippen LogP contribution is -2.59. The Morgan fingerprint density at radius 3 is 3.00 bits per heavy atom. The fraction of sp³-hybridized carbons (Fsp3) is 0.615. The number of nitrogens with one attached hydrogen (secondary N) is 2. The van der Waals surface area contributed by atoms with Crippen LogP contribution in [0, 0.1) is 5.92 Å². The van der Waals surface area contributed by atoms with Gasteiger partial charge in [-0.1, -0.05) is 19.8 Å². The monoisotopic (exact) mass is 313 g/mol. The van der Waals surface area contributed by atoms with Gasteiger partial charge in [0.25, 0.3) is 5.91 Å². The molecule has 1 heterocycles. The predicted octanol–water partition coefficient (Wildman–Crippen LogP) is 2.41. The fourth-order valence-electron chi connectivity index (χ4n) is 2.75. The van der Waals surface area contributed by atoms with Gasteiger partial charge < -0.3 is 16.0 Å². The van der Waals surface area contributed by atoms with Crippen LogP contribution in [0.5, 0.6) is 0 Å². The summed E-state index contributed by atoms with van der Waals surface area (Å²) in [6.07, 6.45) is 6.22. The van der Waals surface area contributed by atoms with E-state index in [4.69, 9.17) is 5.73 Å². The van der Waals surface area contributed by atoms with Crippen LogP contribution in [0.2, 0.25) is 0 Å². The van der Waals surface area contributed by atoms with Crippen molar-refractivity contribution in [2.75, 3.05) is 6.54 Å². The molecule has 4 nitrogen and oxygen atoms in total. The average molecular weight is 314 g/mol. The summed E-state index contributed by atoms with van der Waals surface area (Å²) in [5, 5.41) is 3.15. The third-order valence-electron chi connectivity index (χ3n) is 4.07. The number of rotatable bonds is 3. The summed E-state index contributed by atoms with van der Waals surface area (Å²) in [5.41, 5.74) is 6.26. The summed E-state index contributed by atoms with van der Waals surface area (Å²) in [6, 6.07) is 1.78. The highest BCUT2D eigenvalue weighted by atomic mass is 79.9. The molecule has 1 aliphatic rings. The highest BCUT2D eigenvalue weighted by Crippen LogP contribution is 2.33.